The van der Waals surface area contributed by atoms with Crippen LogP contribution in [-0.4, -0.2) is 3.79 Å². The van der Waals surface area contributed by atoms with Crippen LogP contribution >= 0.6 is 22.6 Å². The highest BCUT2D eigenvalue weighted by Crippen LogP contribution is 2.34. The van der Waals surface area contributed by atoms with Gasteiger partial charge in [-0.2, -0.15) is 13.2 Å². The predicted octanol–water partition coefficient (Wildman–Crippen LogP) is 3.49. The second kappa shape index (κ2) is 5.24. The molecule has 0 heterocycles. The molecule has 2 N–H and O–H groups in total. The molecule has 0 amide bonds. The van der Waals surface area contributed by atoms with Gasteiger partial charge < -0.3 is 5.73 Å². The highest BCUT2D eigenvalue weighted by Gasteiger charge is 2.32. The van der Waals surface area contributed by atoms with E-state index in [-0.39, 0.29) is 22.2 Å². The third-order valence-electron chi connectivity index (χ3n) is 2.38. The normalized spacial score (nSPS) is 11.6. The highest BCUT2D eigenvalue weighted by molar-refractivity contribution is 14.1. The fraction of sp³-hybridized carbons (Fsp3) is 0.364. The Kier molecular flexibility index (Phi) is 4.40. The van der Waals surface area contributed by atoms with Crippen molar-refractivity contribution in [2.75, 3.05) is 5.73 Å². The van der Waals surface area contributed by atoms with Gasteiger partial charge in [0.15, 0.2) is 3.79 Å². The largest absolute Gasteiger partial charge is 0.416 e. The molecule has 1 aromatic carbocycles. The fourth-order valence-electron chi connectivity index (χ4n) is 1.53. The molecule has 17 heavy (non-hydrogen) atoms. The molecule has 1 rings (SSSR count). The van der Waals surface area contributed by atoms with E-state index in [1.165, 1.54) is 13.0 Å². The van der Waals surface area contributed by atoms with Crippen molar-refractivity contribution in [3.8, 4) is 0 Å². The van der Waals surface area contributed by atoms with Crippen molar-refractivity contribution in [2.45, 2.75) is 25.9 Å². The molecule has 1 aromatic rings. The Hall–Kier alpha value is -0.790. The van der Waals surface area contributed by atoms with E-state index in [9.17, 15) is 18.0 Å². The third-order valence-corrected chi connectivity index (χ3v) is 2.92. The summed E-state index contributed by atoms with van der Waals surface area (Å²) in [6.45, 7) is 1.37. The fourth-order valence-corrected chi connectivity index (χ4v) is 1.80. The minimum atomic E-state index is -4.39. The first kappa shape index (κ1) is 14.3. The van der Waals surface area contributed by atoms with Gasteiger partial charge in [0.05, 0.1) is 5.56 Å². The van der Waals surface area contributed by atoms with Gasteiger partial charge in [-0.25, -0.2) is 0 Å². The van der Waals surface area contributed by atoms with E-state index in [2.05, 4.69) is 0 Å². The first-order chi connectivity index (χ1) is 7.71. The first-order valence-corrected chi connectivity index (χ1v) is 5.94. The smallest absolute Gasteiger partial charge is 0.398 e. The van der Waals surface area contributed by atoms with Gasteiger partial charge in [-0.1, -0.05) is 0 Å². The zero-order valence-electron chi connectivity index (χ0n) is 9.07. The Morgan fingerprint density at radius 3 is 2.47 bits per heavy atom. The van der Waals surface area contributed by atoms with Gasteiger partial charge in [0.2, 0.25) is 0 Å². The van der Waals surface area contributed by atoms with Crippen molar-refractivity contribution in [2.24, 2.45) is 0 Å². The maximum Gasteiger partial charge on any atom is 0.416 e. The van der Waals surface area contributed by atoms with E-state index < -0.39 is 11.7 Å². The topological polar surface area (TPSA) is 43.1 Å². The lowest BCUT2D eigenvalue weighted by atomic mass is 10.00. The predicted molar refractivity (Wildman–Crippen MR) is 67.9 cm³/mol. The molecular weight excluding hydrogens is 346 g/mol. The van der Waals surface area contributed by atoms with Crippen LogP contribution in [0.5, 0.6) is 0 Å². The van der Waals surface area contributed by atoms with Gasteiger partial charge in [-0.3, -0.25) is 4.79 Å². The van der Waals surface area contributed by atoms with Gasteiger partial charge in [0, 0.05) is 12.1 Å². The van der Waals surface area contributed by atoms with Crippen LogP contribution in [0.3, 0.4) is 0 Å². The van der Waals surface area contributed by atoms with E-state index in [0.29, 0.717) is 11.3 Å². The molecule has 0 spiro atoms. The number of alkyl halides is 3. The van der Waals surface area contributed by atoms with Crippen molar-refractivity contribution in [3.05, 3.63) is 28.8 Å². The molecule has 0 aliphatic heterocycles. The number of aryl methyl sites for hydroxylation is 2. The Morgan fingerprint density at radius 2 is 2.00 bits per heavy atom. The van der Waals surface area contributed by atoms with Crippen LogP contribution in [0, 0.1) is 6.92 Å². The first-order valence-electron chi connectivity index (χ1n) is 4.86. The maximum atomic E-state index is 12.7. The van der Waals surface area contributed by atoms with Crippen LogP contribution in [0.1, 0.15) is 23.1 Å². The summed E-state index contributed by atoms with van der Waals surface area (Å²) < 4.78 is 37.8. The Bertz CT molecular complexity index is 443. The highest BCUT2D eigenvalue weighted by atomic mass is 127. The summed E-state index contributed by atoms with van der Waals surface area (Å²) in [5, 5.41) is 0. The molecule has 0 radical (unpaired) electrons. The molecule has 0 atom stereocenters. The van der Waals surface area contributed by atoms with Crippen molar-refractivity contribution in [1.82, 2.24) is 0 Å². The number of nitrogens with two attached hydrogens (primary N) is 1. The second-order valence-electron chi connectivity index (χ2n) is 3.72. The number of halogens is 4. The van der Waals surface area contributed by atoms with Crippen molar-refractivity contribution < 1.29 is 18.0 Å². The maximum absolute atomic E-state index is 12.7. The van der Waals surface area contributed by atoms with Crippen LogP contribution in [-0.2, 0) is 17.4 Å². The molecule has 94 valence electrons. The average molecular weight is 357 g/mol. The average Bonchev–Trinajstić information content (AvgIpc) is 2.13. The SMILES string of the molecule is Cc1cc(N)c(CCC(=O)I)cc1C(F)(F)F. The lowest BCUT2D eigenvalue weighted by Gasteiger charge is -2.14. The minimum Gasteiger partial charge on any atom is -0.398 e. The van der Waals surface area contributed by atoms with Crippen molar-refractivity contribution in [3.63, 3.8) is 0 Å². The molecule has 6 heteroatoms. The van der Waals surface area contributed by atoms with Gasteiger partial charge in [0.25, 0.3) is 0 Å². The number of benzene rings is 1. The summed E-state index contributed by atoms with van der Waals surface area (Å²) in [4.78, 5) is 10.8. The summed E-state index contributed by atoms with van der Waals surface area (Å²) in [6, 6.07) is 2.33. The number of carbonyl (C=O) groups excluding carboxylic acids is 1. The molecule has 0 aliphatic rings. The summed E-state index contributed by atoms with van der Waals surface area (Å²) in [7, 11) is 0. The van der Waals surface area contributed by atoms with E-state index in [1.54, 1.807) is 22.6 Å². The van der Waals surface area contributed by atoms with Crippen molar-refractivity contribution >= 4 is 32.1 Å². The van der Waals surface area contributed by atoms with E-state index in [1.807, 2.05) is 0 Å². The molecule has 0 aromatic heterocycles. The van der Waals surface area contributed by atoms with E-state index >= 15 is 0 Å². The molecule has 2 nitrogen and oxygen atoms in total. The molecule has 0 aliphatic carbocycles. The Labute approximate surface area is 111 Å². The number of carbonyl (C=O) groups is 1. The molecule has 0 fully saturated rings. The number of hydrogen-bond acceptors (Lipinski definition) is 2. The van der Waals surface area contributed by atoms with Crippen LogP contribution < -0.4 is 5.73 Å². The quantitative estimate of drug-likeness (QED) is 0.511. The van der Waals surface area contributed by atoms with E-state index in [4.69, 9.17) is 5.73 Å². The lowest BCUT2D eigenvalue weighted by Crippen LogP contribution is -2.10. The molecule has 0 saturated heterocycles. The standard InChI is InChI=1S/C11H11F3INO/c1-6-4-9(16)7(2-3-10(15)17)5-8(6)11(12,13)14/h4-5H,2-3,16H2,1H3. The Balaban J connectivity index is 3.11. The number of rotatable bonds is 3. The third kappa shape index (κ3) is 3.86. The minimum absolute atomic E-state index is 0.0968. The monoisotopic (exact) mass is 357 g/mol. The molecule has 0 bridgehead atoms. The number of nitrogen functional groups attached to an aromatic ring is 1. The van der Waals surface area contributed by atoms with Gasteiger partial charge in [0.1, 0.15) is 0 Å². The van der Waals surface area contributed by atoms with E-state index in [0.717, 1.165) is 6.07 Å². The van der Waals surface area contributed by atoms with Crippen LogP contribution in [0.2, 0.25) is 0 Å². The van der Waals surface area contributed by atoms with Gasteiger partial charge in [-0.15, -0.1) is 0 Å². The number of hydrogen-bond donors (Lipinski definition) is 1. The summed E-state index contributed by atoms with van der Waals surface area (Å²) >= 11 is 1.61. The van der Waals surface area contributed by atoms with Crippen LogP contribution in [0.15, 0.2) is 12.1 Å². The lowest BCUT2D eigenvalue weighted by molar-refractivity contribution is -0.138. The molecular formula is C11H11F3INO. The Morgan fingerprint density at radius 1 is 1.41 bits per heavy atom. The summed E-state index contributed by atoms with van der Waals surface area (Å²) in [5.41, 5.74) is 5.71. The molecule has 0 saturated carbocycles. The van der Waals surface area contributed by atoms with Crippen LogP contribution in [0.25, 0.3) is 0 Å². The molecule has 0 unspecified atom stereocenters. The summed E-state index contributed by atoms with van der Waals surface area (Å²) in [5.74, 6) is 0. The van der Waals surface area contributed by atoms with Gasteiger partial charge in [-0.05, 0) is 59.2 Å². The zero-order valence-corrected chi connectivity index (χ0v) is 11.2. The number of anilines is 1. The van der Waals surface area contributed by atoms with Crippen molar-refractivity contribution in [1.29, 1.82) is 0 Å². The van der Waals surface area contributed by atoms with Gasteiger partial charge >= 0.3 is 6.18 Å². The van der Waals surface area contributed by atoms with Crippen LogP contribution in [0.4, 0.5) is 18.9 Å². The summed E-state index contributed by atoms with van der Waals surface area (Å²) in [6.07, 6.45) is -3.97. The zero-order chi connectivity index (χ0) is 13.2. The second-order valence-corrected chi connectivity index (χ2v) is 4.92.